The molecule has 0 bridgehead atoms. The van der Waals surface area contributed by atoms with Crippen molar-refractivity contribution in [2.75, 3.05) is 40.1 Å². The maximum atomic E-state index is 14.8. The number of oxime groups is 1. The van der Waals surface area contributed by atoms with Gasteiger partial charge in [-0.3, -0.25) is 4.90 Å². The number of allylic oxidation sites excluding steroid dienone is 1. The molecule has 2 aliphatic carbocycles. The van der Waals surface area contributed by atoms with E-state index in [0.29, 0.717) is 48.0 Å². The van der Waals surface area contributed by atoms with Crippen LogP contribution in [0, 0.1) is 23.6 Å². The maximum Gasteiger partial charge on any atom is 0.410 e. The van der Waals surface area contributed by atoms with Crippen LogP contribution in [0.5, 0.6) is 17.2 Å². The molecule has 5 aromatic rings. The van der Waals surface area contributed by atoms with E-state index in [2.05, 4.69) is 36.0 Å². The van der Waals surface area contributed by atoms with Crippen LogP contribution in [-0.2, 0) is 32.2 Å². The van der Waals surface area contributed by atoms with E-state index in [9.17, 15) is 19.4 Å². The lowest BCUT2D eigenvalue weighted by atomic mass is 9.55. The van der Waals surface area contributed by atoms with Crippen LogP contribution >= 0.6 is 0 Å². The largest absolute Gasteiger partial charge is 0.459 e. The number of benzene rings is 5. The van der Waals surface area contributed by atoms with E-state index < -0.39 is 29.7 Å². The molecule has 1 aliphatic heterocycles. The van der Waals surface area contributed by atoms with E-state index in [1.807, 2.05) is 72.8 Å². The lowest BCUT2D eigenvalue weighted by molar-refractivity contribution is -0.256. The van der Waals surface area contributed by atoms with Crippen LogP contribution in [0.25, 0.3) is 10.8 Å². The monoisotopic (exact) mass is 912 g/mol. The Morgan fingerprint density at radius 3 is 2.36 bits per heavy atom. The van der Waals surface area contributed by atoms with Gasteiger partial charge < -0.3 is 38.7 Å². The third kappa shape index (κ3) is 10.9. The van der Waals surface area contributed by atoms with Crippen molar-refractivity contribution >= 4 is 22.6 Å². The fraction of sp³-hybridized carbons (Fsp3) is 0.382. The van der Waals surface area contributed by atoms with Crippen LogP contribution in [-0.4, -0.2) is 78.9 Å². The smallest absolute Gasteiger partial charge is 0.410 e. The topological polar surface area (TPSA) is 129 Å². The second-order valence-corrected chi connectivity index (χ2v) is 17.5. The molecule has 12 heteroatoms. The number of carbonyl (C=O) groups excluding carboxylic acids is 1. The number of carbonyl (C=O) groups is 1. The summed E-state index contributed by atoms with van der Waals surface area (Å²) in [7, 11) is 1.51. The van der Waals surface area contributed by atoms with Crippen LogP contribution in [0.3, 0.4) is 0 Å². The van der Waals surface area contributed by atoms with E-state index in [1.165, 1.54) is 19.2 Å². The Kier molecular flexibility index (Phi) is 16.0. The molecular weight excluding hydrogens is 852 g/mol. The molecule has 1 saturated carbocycles. The molecule has 0 radical (unpaired) electrons. The van der Waals surface area contributed by atoms with E-state index in [0.717, 1.165) is 53.2 Å². The van der Waals surface area contributed by atoms with Gasteiger partial charge in [0.2, 0.25) is 5.79 Å². The Hall–Kier alpha value is -6.05. The predicted octanol–water partition coefficient (Wildman–Crippen LogP) is 10.9. The predicted molar refractivity (Wildman–Crippen MR) is 255 cm³/mol. The first-order valence-electron chi connectivity index (χ1n) is 23.4. The van der Waals surface area contributed by atoms with Crippen molar-refractivity contribution in [3.63, 3.8) is 0 Å². The number of unbranched alkanes of at least 4 members (excludes halogenated alkanes) is 2. The Bertz CT molecular complexity index is 2500. The second kappa shape index (κ2) is 22.6. The Morgan fingerprint density at radius 1 is 0.866 bits per heavy atom. The summed E-state index contributed by atoms with van der Waals surface area (Å²) in [6, 6.07) is 35.0. The zero-order chi connectivity index (χ0) is 46.6. The molecule has 3 aliphatic rings. The first kappa shape index (κ1) is 47.4. The summed E-state index contributed by atoms with van der Waals surface area (Å²) in [5, 5.41) is 26.8. The van der Waals surface area contributed by atoms with Crippen molar-refractivity contribution in [2.24, 2.45) is 22.9 Å². The standard InChI is InChI=1S/C55H61FN2O9/c1-3-29-65-55-51(58(36-38-19-22-43(56)23-20-38)54(61)64-31-30-63-37-39-13-5-4-6-14-39)35-49(57-62-2)47-33-42(17-9-11-27-59)46(18-10-12-28-60)52(53(47)55)48-34-45(25-26-50(48)67-55)66-44-24-21-40-15-7-8-16-41(40)32-44/h3-8,13-16,19-26,32-34,42,46,51-53,59-60H,1,9-12,17-18,27-31,35-37H2,2H3/t42-,46+,51-,52+,53+,55+/m0/s1. The molecule has 1 fully saturated rings. The van der Waals surface area contributed by atoms with Gasteiger partial charge in [-0.2, -0.15) is 0 Å². The Morgan fingerprint density at radius 2 is 1.60 bits per heavy atom. The average Bonchev–Trinajstić information content (AvgIpc) is 3.35. The highest BCUT2D eigenvalue weighted by atomic mass is 19.1. The molecule has 67 heavy (non-hydrogen) atoms. The van der Waals surface area contributed by atoms with E-state index in [1.54, 1.807) is 23.1 Å². The van der Waals surface area contributed by atoms with Gasteiger partial charge >= 0.3 is 6.09 Å². The molecule has 0 spiro atoms. The van der Waals surface area contributed by atoms with Crippen molar-refractivity contribution in [2.45, 2.75) is 75.8 Å². The van der Waals surface area contributed by atoms with Crippen LogP contribution in [0.4, 0.5) is 9.18 Å². The number of rotatable bonds is 22. The lowest BCUT2D eigenvalue weighted by Gasteiger charge is -2.59. The lowest BCUT2D eigenvalue weighted by Crippen LogP contribution is -2.70. The van der Waals surface area contributed by atoms with Crippen molar-refractivity contribution in [3.8, 4) is 17.2 Å². The summed E-state index contributed by atoms with van der Waals surface area (Å²) >= 11 is 0. The Labute approximate surface area is 392 Å². The molecule has 11 nitrogen and oxygen atoms in total. The van der Waals surface area contributed by atoms with Crippen molar-refractivity contribution in [1.82, 2.24) is 4.90 Å². The summed E-state index contributed by atoms with van der Waals surface area (Å²) in [5.41, 5.74) is 4.13. The third-order valence-electron chi connectivity index (χ3n) is 13.2. The summed E-state index contributed by atoms with van der Waals surface area (Å²) in [6.45, 7) is 4.80. The van der Waals surface area contributed by atoms with Crippen molar-refractivity contribution in [1.29, 1.82) is 0 Å². The molecule has 352 valence electrons. The summed E-state index contributed by atoms with van der Waals surface area (Å²) in [6.07, 6.45) is 7.94. The van der Waals surface area contributed by atoms with Gasteiger partial charge in [-0.15, -0.1) is 6.58 Å². The maximum absolute atomic E-state index is 14.8. The van der Waals surface area contributed by atoms with Gasteiger partial charge in [-0.25, -0.2) is 9.18 Å². The SMILES string of the molecule is C=CCO[C@@]12Oc3ccc(Oc4ccc5ccccc5c4)cc3[C@H]3[C@H](CCCCO)[C@@H](CCCCO)C=C(C(=NOC)C[C@@H]1N(Cc1ccc(F)cc1)C(=O)OCCOCc1ccccc1)[C@H]32. The fourth-order valence-corrected chi connectivity index (χ4v) is 10.3. The number of hydrogen-bond acceptors (Lipinski definition) is 10. The molecule has 0 saturated heterocycles. The number of amides is 1. The number of aliphatic hydroxyl groups is 2. The Balaban J connectivity index is 1.25. The average molecular weight is 913 g/mol. The number of fused-ring (bicyclic) bond motifs is 3. The van der Waals surface area contributed by atoms with Crippen molar-refractivity contribution in [3.05, 3.63) is 162 Å². The van der Waals surface area contributed by atoms with Gasteiger partial charge in [-0.05, 0) is 107 Å². The first-order chi connectivity index (χ1) is 32.8. The number of nitrogens with zero attached hydrogens (tertiary/aromatic N) is 2. The van der Waals surface area contributed by atoms with Crippen LogP contribution < -0.4 is 9.47 Å². The first-order valence-corrected chi connectivity index (χ1v) is 23.4. The number of ether oxygens (including phenoxy) is 5. The van der Waals surface area contributed by atoms with Crippen molar-refractivity contribution < 1.29 is 47.9 Å². The summed E-state index contributed by atoms with van der Waals surface area (Å²) in [5.74, 6) is -0.787. The van der Waals surface area contributed by atoms with Crippen LogP contribution in [0.15, 0.2) is 145 Å². The van der Waals surface area contributed by atoms with Crippen LogP contribution in [0.1, 0.15) is 67.6 Å². The van der Waals surface area contributed by atoms with E-state index >= 15 is 0 Å². The van der Waals surface area contributed by atoms with Gasteiger partial charge in [0.25, 0.3) is 0 Å². The third-order valence-corrected chi connectivity index (χ3v) is 13.2. The minimum atomic E-state index is -1.53. The number of aliphatic hydroxyl groups excluding tert-OH is 2. The normalized spacial score (nSPS) is 22.2. The minimum Gasteiger partial charge on any atom is -0.459 e. The van der Waals surface area contributed by atoms with Gasteiger partial charge in [0.1, 0.15) is 42.8 Å². The molecule has 0 unspecified atom stereocenters. The molecule has 2 N–H and O–H groups in total. The highest BCUT2D eigenvalue weighted by Gasteiger charge is 2.65. The van der Waals surface area contributed by atoms with E-state index in [-0.39, 0.29) is 63.8 Å². The van der Waals surface area contributed by atoms with Gasteiger partial charge in [0, 0.05) is 37.7 Å². The molecule has 6 atom stereocenters. The molecule has 8 rings (SSSR count). The molecular formula is C55H61FN2O9. The molecule has 0 aromatic heterocycles. The highest BCUT2D eigenvalue weighted by molar-refractivity contribution is 6.03. The van der Waals surface area contributed by atoms with Gasteiger partial charge in [0.05, 0.1) is 31.5 Å². The molecule has 5 aromatic carbocycles. The zero-order valence-electron chi connectivity index (χ0n) is 38.1. The van der Waals surface area contributed by atoms with Gasteiger partial charge in [0.15, 0.2) is 0 Å². The molecule has 1 amide bonds. The number of hydrogen-bond donors (Lipinski definition) is 2. The summed E-state index contributed by atoms with van der Waals surface area (Å²) in [4.78, 5) is 22.1. The van der Waals surface area contributed by atoms with Gasteiger partial charge in [-0.1, -0.05) is 103 Å². The molecule has 1 heterocycles. The quantitative estimate of drug-likeness (QED) is 0.0396. The second-order valence-electron chi connectivity index (χ2n) is 17.5. The van der Waals surface area contributed by atoms with E-state index in [4.69, 9.17) is 28.5 Å². The number of halogens is 1. The zero-order valence-corrected chi connectivity index (χ0v) is 38.1. The fourth-order valence-electron chi connectivity index (χ4n) is 10.3. The minimum absolute atomic E-state index is 0.00563. The van der Waals surface area contributed by atoms with Crippen LogP contribution in [0.2, 0.25) is 0 Å². The highest BCUT2D eigenvalue weighted by Crippen LogP contribution is 2.62. The summed E-state index contributed by atoms with van der Waals surface area (Å²) < 4.78 is 47.4.